The number of unbranched alkanes of at least 4 members (excludes halogenated alkanes) is 4. The van der Waals surface area contributed by atoms with Gasteiger partial charge in [-0.1, -0.05) is 19.8 Å². The summed E-state index contributed by atoms with van der Waals surface area (Å²) in [5.74, 6) is -0.178. The molecule has 4 heteroatoms. The van der Waals surface area contributed by atoms with Gasteiger partial charge >= 0.3 is 5.97 Å². The highest BCUT2D eigenvalue weighted by molar-refractivity contribution is 5.69. The maximum Gasteiger partial charge on any atom is 0.308 e. The molecule has 0 amide bonds. The van der Waals surface area contributed by atoms with E-state index in [4.69, 9.17) is 9.47 Å². The van der Waals surface area contributed by atoms with E-state index >= 15 is 0 Å². The zero-order valence-corrected chi connectivity index (χ0v) is 11.7. The van der Waals surface area contributed by atoms with Crippen LogP contribution in [0, 0.1) is 0 Å². The number of hydrogen-bond donors (Lipinski definition) is 0. The van der Waals surface area contributed by atoms with Gasteiger partial charge in [-0.15, -0.1) is 0 Å². The van der Waals surface area contributed by atoms with Crippen molar-refractivity contribution in [1.29, 1.82) is 0 Å². The summed E-state index contributed by atoms with van der Waals surface area (Å²) in [6.45, 7) is 5.03. The molecule has 106 valence electrons. The number of hydrogen-bond acceptors (Lipinski definition) is 4. The summed E-state index contributed by atoms with van der Waals surface area (Å²) in [6, 6.07) is 0. The van der Waals surface area contributed by atoms with Gasteiger partial charge in [-0.25, -0.2) is 0 Å². The van der Waals surface area contributed by atoms with E-state index in [1.165, 1.54) is 0 Å². The second-order valence-electron chi connectivity index (χ2n) is 4.28. The van der Waals surface area contributed by atoms with Crippen LogP contribution in [-0.4, -0.2) is 31.6 Å². The van der Waals surface area contributed by atoms with Gasteiger partial charge in [0.2, 0.25) is 0 Å². The Kier molecular flexibility index (Phi) is 11.9. The highest BCUT2D eigenvalue weighted by atomic mass is 16.5. The van der Waals surface area contributed by atoms with Gasteiger partial charge in [0, 0.05) is 13.0 Å². The highest BCUT2D eigenvalue weighted by Crippen LogP contribution is 2.06. The van der Waals surface area contributed by atoms with Crippen molar-refractivity contribution < 1.29 is 19.1 Å². The summed E-state index contributed by atoms with van der Waals surface area (Å²) in [5.41, 5.74) is 0. The molecule has 0 aliphatic rings. The van der Waals surface area contributed by atoms with Gasteiger partial charge in [0.05, 0.1) is 19.1 Å². The summed E-state index contributed by atoms with van der Waals surface area (Å²) < 4.78 is 10.5. The fraction of sp³-hybridized carbons (Fsp3) is 0.857. The van der Waals surface area contributed by atoms with Gasteiger partial charge in [-0.3, -0.25) is 4.79 Å². The average Bonchev–Trinajstić information content (AvgIpc) is 2.37. The lowest BCUT2D eigenvalue weighted by Crippen LogP contribution is -2.19. The Morgan fingerprint density at radius 3 is 2.50 bits per heavy atom. The molecule has 1 unspecified atom stereocenters. The molecule has 0 saturated heterocycles. The van der Waals surface area contributed by atoms with E-state index in [9.17, 15) is 9.59 Å². The molecule has 0 aromatic heterocycles. The monoisotopic (exact) mass is 258 g/mol. The molecule has 0 aromatic rings. The predicted molar refractivity (Wildman–Crippen MR) is 70.4 cm³/mol. The maximum absolute atomic E-state index is 11.5. The van der Waals surface area contributed by atoms with E-state index < -0.39 is 0 Å². The van der Waals surface area contributed by atoms with Crippen LogP contribution < -0.4 is 0 Å². The van der Waals surface area contributed by atoms with Crippen LogP contribution in [0.1, 0.15) is 58.8 Å². The first-order chi connectivity index (χ1) is 8.74. The van der Waals surface area contributed by atoms with Crippen LogP contribution in [0.3, 0.4) is 0 Å². The van der Waals surface area contributed by atoms with E-state index in [1.54, 1.807) is 0 Å². The predicted octanol–water partition coefficient (Wildman–Crippen LogP) is 2.88. The molecule has 0 aliphatic carbocycles. The summed E-state index contributed by atoms with van der Waals surface area (Å²) in [5, 5.41) is 0. The Hall–Kier alpha value is -0.900. The molecule has 0 rings (SSSR count). The van der Waals surface area contributed by atoms with Crippen molar-refractivity contribution in [1.82, 2.24) is 0 Å². The number of carbonyl (C=O) groups is 2. The first-order valence-electron chi connectivity index (χ1n) is 6.95. The van der Waals surface area contributed by atoms with Gasteiger partial charge in [-0.05, 0) is 26.2 Å². The quantitative estimate of drug-likeness (QED) is 0.307. The third kappa shape index (κ3) is 10.3. The first-order valence-corrected chi connectivity index (χ1v) is 6.95. The van der Waals surface area contributed by atoms with Crippen LogP contribution in [0.25, 0.3) is 0 Å². The van der Waals surface area contributed by atoms with E-state index in [2.05, 4.69) is 0 Å². The van der Waals surface area contributed by atoms with Crippen molar-refractivity contribution in [2.24, 2.45) is 0 Å². The number of esters is 1. The molecule has 0 N–H and O–H groups in total. The Balaban J connectivity index is 3.43. The van der Waals surface area contributed by atoms with E-state index in [0.29, 0.717) is 26.1 Å². The second-order valence-corrected chi connectivity index (χ2v) is 4.28. The molecule has 0 radical (unpaired) electrons. The van der Waals surface area contributed by atoms with Crippen LogP contribution in [0.15, 0.2) is 0 Å². The lowest BCUT2D eigenvalue weighted by Gasteiger charge is -2.13. The second kappa shape index (κ2) is 12.6. The Morgan fingerprint density at radius 2 is 1.89 bits per heavy atom. The SMILES string of the molecule is CCOC(CC)CC(=O)OCCCCCCC=O. The number of aldehydes is 1. The van der Waals surface area contributed by atoms with Crippen molar-refractivity contribution in [2.45, 2.75) is 64.9 Å². The Bertz CT molecular complexity index is 216. The van der Waals surface area contributed by atoms with Crippen LogP contribution in [0.4, 0.5) is 0 Å². The van der Waals surface area contributed by atoms with Crippen LogP contribution >= 0.6 is 0 Å². The molecule has 0 fully saturated rings. The van der Waals surface area contributed by atoms with Crippen molar-refractivity contribution in [3.05, 3.63) is 0 Å². The van der Waals surface area contributed by atoms with Gasteiger partial charge in [0.25, 0.3) is 0 Å². The fourth-order valence-corrected chi connectivity index (χ4v) is 1.67. The van der Waals surface area contributed by atoms with Crippen LogP contribution in [0.5, 0.6) is 0 Å². The maximum atomic E-state index is 11.5. The number of rotatable bonds is 12. The number of carbonyl (C=O) groups excluding carboxylic acids is 2. The van der Waals surface area contributed by atoms with Crippen LogP contribution in [-0.2, 0) is 19.1 Å². The molecule has 0 heterocycles. The minimum atomic E-state index is -0.178. The Morgan fingerprint density at radius 1 is 1.17 bits per heavy atom. The van der Waals surface area contributed by atoms with Gasteiger partial charge in [0.1, 0.15) is 6.29 Å². The fourth-order valence-electron chi connectivity index (χ4n) is 1.67. The minimum absolute atomic E-state index is 0.0184. The van der Waals surface area contributed by atoms with E-state index in [-0.39, 0.29) is 12.1 Å². The lowest BCUT2D eigenvalue weighted by atomic mass is 10.1. The molecule has 0 saturated carbocycles. The number of ether oxygens (including phenoxy) is 2. The Labute approximate surface area is 110 Å². The molecule has 0 aliphatic heterocycles. The summed E-state index contributed by atoms with van der Waals surface area (Å²) >= 11 is 0. The summed E-state index contributed by atoms with van der Waals surface area (Å²) in [7, 11) is 0. The molecule has 0 spiro atoms. The van der Waals surface area contributed by atoms with Crippen molar-refractivity contribution in [2.75, 3.05) is 13.2 Å². The first kappa shape index (κ1) is 17.1. The van der Waals surface area contributed by atoms with Crippen molar-refractivity contribution in [3.63, 3.8) is 0 Å². The largest absolute Gasteiger partial charge is 0.466 e. The van der Waals surface area contributed by atoms with Crippen molar-refractivity contribution in [3.8, 4) is 0 Å². The highest BCUT2D eigenvalue weighted by Gasteiger charge is 2.12. The lowest BCUT2D eigenvalue weighted by molar-refractivity contribution is -0.147. The third-order valence-corrected chi connectivity index (χ3v) is 2.73. The molecular weight excluding hydrogens is 232 g/mol. The standard InChI is InChI=1S/C14H26O4/c1-3-13(17-4-2)12-14(16)18-11-9-7-5-6-8-10-15/h10,13H,3-9,11-12H2,1-2H3. The third-order valence-electron chi connectivity index (χ3n) is 2.73. The topological polar surface area (TPSA) is 52.6 Å². The molecule has 1 atom stereocenters. The zero-order valence-electron chi connectivity index (χ0n) is 11.7. The molecule has 0 bridgehead atoms. The molecular formula is C14H26O4. The van der Waals surface area contributed by atoms with E-state index in [1.807, 2.05) is 13.8 Å². The van der Waals surface area contributed by atoms with Crippen LogP contribution in [0.2, 0.25) is 0 Å². The van der Waals surface area contributed by atoms with Crippen molar-refractivity contribution >= 4 is 12.3 Å². The zero-order chi connectivity index (χ0) is 13.6. The summed E-state index contributed by atoms with van der Waals surface area (Å²) in [4.78, 5) is 21.6. The normalized spacial score (nSPS) is 12.1. The van der Waals surface area contributed by atoms with Gasteiger partial charge in [-0.2, -0.15) is 0 Å². The minimum Gasteiger partial charge on any atom is -0.466 e. The average molecular weight is 258 g/mol. The summed E-state index contributed by atoms with van der Waals surface area (Å²) in [6.07, 6.45) is 6.55. The van der Waals surface area contributed by atoms with Gasteiger partial charge < -0.3 is 14.3 Å². The molecule has 18 heavy (non-hydrogen) atoms. The van der Waals surface area contributed by atoms with Gasteiger partial charge in [0.15, 0.2) is 0 Å². The smallest absolute Gasteiger partial charge is 0.308 e. The van der Waals surface area contributed by atoms with E-state index in [0.717, 1.165) is 38.4 Å². The molecule has 4 nitrogen and oxygen atoms in total. The molecule has 0 aromatic carbocycles.